The largest absolute Gasteiger partial charge is 0.318 e. The van der Waals surface area contributed by atoms with Gasteiger partial charge in [-0.1, -0.05) is 30.3 Å². The first-order valence-electron chi connectivity index (χ1n) is 7.64. The molecule has 1 aromatic heterocycles. The van der Waals surface area contributed by atoms with Gasteiger partial charge in [-0.3, -0.25) is 10.1 Å². The number of pyridine rings is 1. The topological polar surface area (TPSA) is 48.5 Å². The molecule has 1 N–H and O–H groups in total. The summed E-state index contributed by atoms with van der Waals surface area (Å²) in [4.78, 5) is 21.2. The van der Waals surface area contributed by atoms with Crippen LogP contribution in [0.25, 0.3) is 0 Å². The van der Waals surface area contributed by atoms with E-state index in [0.717, 1.165) is 31.9 Å². The molecule has 1 saturated heterocycles. The minimum absolute atomic E-state index is 0.0737. The zero-order valence-corrected chi connectivity index (χ0v) is 12.3. The lowest BCUT2D eigenvalue weighted by Gasteiger charge is -2.47. The lowest BCUT2D eigenvalue weighted by molar-refractivity contribution is 0.0539. The molecule has 1 fully saturated rings. The van der Waals surface area contributed by atoms with Crippen molar-refractivity contribution in [3.63, 3.8) is 0 Å². The Morgan fingerprint density at radius 2 is 2.05 bits per heavy atom. The lowest BCUT2D eigenvalue weighted by Crippen LogP contribution is -2.64. The molecule has 1 aromatic carbocycles. The van der Waals surface area contributed by atoms with Gasteiger partial charge < -0.3 is 9.80 Å². The van der Waals surface area contributed by atoms with Crippen molar-refractivity contribution in [1.82, 2.24) is 15.2 Å². The van der Waals surface area contributed by atoms with Crippen molar-refractivity contribution in [2.24, 2.45) is 0 Å². The maximum atomic E-state index is 12.7. The molecule has 0 aliphatic carbocycles. The van der Waals surface area contributed by atoms with Crippen LogP contribution < -0.4 is 10.2 Å². The van der Waals surface area contributed by atoms with Crippen molar-refractivity contribution in [2.45, 2.75) is 19.3 Å². The Balaban J connectivity index is 1.76. The second-order valence-corrected chi connectivity index (χ2v) is 5.67. The molecule has 1 atom stereocenters. The first-order valence-corrected chi connectivity index (χ1v) is 7.64. The normalized spacial score (nSPS) is 20.5. The van der Waals surface area contributed by atoms with E-state index in [9.17, 15) is 4.79 Å². The highest BCUT2D eigenvalue weighted by molar-refractivity contribution is 6.01. The maximum Gasteiger partial charge on any atom is 0.260 e. The minimum Gasteiger partial charge on any atom is -0.318 e. The first kappa shape index (κ1) is 13.3. The minimum atomic E-state index is -0.108. The van der Waals surface area contributed by atoms with E-state index in [0.29, 0.717) is 5.56 Å². The highest BCUT2D eigenvalue weighted by Crippen LogP contribution is 2.30. The van der Waals surface area contributed by atoms with E-state index in [1.807, 2.05) is 35.2 Å². The molecule has 2 aliphatic rings. The Bertz CT molecular complexity index is 688. The fourth-order valence-electron chi connectivity index (χ4n) is 3.21. The number of carbonyl (C=O) groups excluding carboxylic acids is 1. The molecule has 4 rings (SSSR count). The van der Waals surface area contributed by atoms with E-state index in [1.165, 1.54) is 5.56 Å². The highest BCUT2D eigenvalue weighted by atomic mass is 16.2. The van der Waals surface area contributed by atoms with Crippen molar-refractivity contribution in [3.05, 3.63) is 59.8 Å². The second-order valence-electron chi connectivity index (χ2n) is 5.67. The molecule has 5 nitrogen and oxygen atoms in total. The van der Waals surface area contributed by atoms with Gasteiger partial charge in [-0.2, -0.15) is 0 Å². The number of nitrogens with one attached hydrogen (secondary N) is 1. The molecular formula is C17H18N4O. The van der Waals surface area contributed by atoms with Crippen LogP contribution in [-0.2, 0) is 6.54 Å². The van der Waals surface area contributed by atoms with Crippen LogP contribution in [0.5, 0.6) is 0 Å². The van der Waals surface area contributed by atoms with Gasteiger partial charge in [-0.05, 0) is 24.1 Å². The van der Waals surface area contributed by atoms with Gasteiger partial charge in [-0.15, -0.1) is 0 Å². The number of anilines is 1. The zero-order valence-electron chi connectivity index (χ0n) is 12.3. The summed E-state index contributed by atoms with van der Waals surface area (Å²) in [6, 6.07) is 14.0. The highest BCUT2D eigenvalue weighted by Gasteiger charge is 2.39. The van der Waals surface area contributed by atoms with Crippen LogP contribution >= 0.6 is 0 Å². The van der Waals surface area contributed by atoms with Gasteiger partial charge >= 0.3 is 0 Å². The Hall–Kier alpha value is -2.40. The molecule has 0 radical (unpaired) electrons. The fraction of sp³-hybridized carbons (Fsp3) is 0.294. The van der Waals surface area contributed by atoms with Crippen LogP contribution in [0.15, 0.2) is 48.7 Å². The van der Waals surface area contributed by atoms with E-state index in [-0.39, 0.29) is 12.2 Å². The number of hydrogen-bond acceptors (Lipinski definition) is 4. The first-order chi connectivity index (χ1) is 10.8. The van der Waals surface area contributed by atoms with Crippen LogP contribution in [0.1, 0.15) is 22.3 Å². The summed E-state index contributed by atoms with van der Waals surface area (Å²) in [6.45, 7) is 2.43. The Labute approximate surface area is 129 Å². The molecule has 1 amide bonds. The van der Waals surface area contributed by atoms with Crippen molar-refractivity contribution in [2.75, 3.05) is 18.0 Å². The van der Waals surface area contributed by atoms with Crippen molar-refractivity contribution < 1.29 is 4.79 Å². The molecule has 112 valence electrons. The van der Waals surface area contributed by atoms with Crippen LogP contribution in [0.2, 0.25) is 0 Å². The van der Waals surface area contributed by atoms with Gasteiger partial charge in [0.2, 0.25) is 0 Å². The summed E-state index contributed by atoms with van der Waals surface area (Å²) in [6.07, 6.45) is 2.63. The number of aromatic nitrogens is 1. The molecule has 22 heavy (non-hydrogen) atoms. The van der Waals surface area contributed by atoms with E-state index < -0.39 is 0 Å². The summed E-state index contributed by atoms with van der Waals surface area (Å²) in [5.41, 5.74) is 1.90. The number of fused-ring (bicyclic) bond motifs is 2. The van der Waals surface area contributed by atoms with E-state index in [1.54, 1.807) is 6.20 Å². The molecule has 5 heteroatoms. The summed E-state index contributed by atoms with van der Waals surface area (Å²) < 4.78 is 0. The quantitative estimate of drug-likeness (QED) is 0.918. The van der Waals surface area contributed by atoms with E-state index in [2.05, 4.69) is 27.3 Å². The van der Waals surface area contributed by atoms with Crippen molar-refractivity contribution in [3.8, 4) is 0 Å². The van der Waals surface area contributed by atoms with Crippen molar-refractivity contribution >= 4 is 11.7 Å². The van der Waals surface area contributed by atoms with Gasteiger partial charge in [0, 0.05) is 25.8 Å². The van der Waals surface area contributed by atoms with Gasteiger partial charge in [0.25, 0.3) is 5.91 Å². The summed E-state index contributed by atoms with van der Waals surface area (Å²) in [5, 5.41) is 3.45. The SMILES string of the molecule is O=C1c2cccnc2N(Cc2ccccc2)C2NCCCN12. The Kier molecular flexibility index (Phi) is 3.27. The maximum absolute atomic E-state index is 12.7. The van der Waals surface area contributed by atoms with Crippen LogP contribution in [0, 0.1) is 0 Å². The molecule has 2 aromatic rings. The number of rotatable bonds is 2. The second kappa shape index (κ2) is 5.42. The lowest BCUT2D eigenvalue weighted by atomic mass is 10.1. The van der Waals surface area contributed by atoms with Gasteiger partial charge in [0.1, 0.15) is 5.82 Å². The number of nitrogens with zero attached hydrogens (tertiary/aromatic N) is 3. The van der Waals surface area contributed by atoms with Crippen LogP contribution in [0.3, 0.4) is 0 Å². The van der Waals surface area contributed by atoms with Gasteiger partial charge in [0.05, 0.1) is 5.56 Å². The molecule has 1 unspecified atom stereocenters. The smallest absolute Gasteiger partial charge is 0.260 e. The third-order valence-corrected chi connectivity index (χ3v) is 4.24. The molecular weight excluding hydrogens is 276 g/mol. The summed E-state index contributed by atoms with van der Waals surface area (Å²) in [7, 11) is 0. The third kappa shape index (κ3) is 2.14. The van der Waals surface area contributed by atoms with Crippen LogP contribution in [0.4, 0.5) is 5.82 Å². The standard InChI is InChI=1S/C17H18N4O/c22-16-14-8-4-9-18-15(14)21(12-13-6-2-1-3-7-13)17-19-10-5-11-20(16)17/h1-4,6-9,17,19H,5,10-12H2. The van der Waals surface area contributed by atoms with Crippen molar-refractivity contribution in [1.29, 1.82) is 0 Å². The number of amides is 1. The monoisotopic (exact) mass is 294 g/mol. The summed E-state index contributed by atoms with van der Waals surface area (Å²) in [5.74, 6) is 0.844. The van der Waals surface area contributed by atoms with E-state index >= 15 is 0 Å². The summed E-state index contributed by atoms with van der Waals surface area (Å²) >= 11 is 0. The predicted octanol–water partition coefficient (Wildman–Crippen LogP) is 1.82. The fourth-order valence-corrected chi connectivity index (χ4v) is 3.21. The molecule has 0 bridgehead atoms. The predicted molar refractivity (Wildman–Crippen MR) is 84.3 cm³/mol. The average molecular weight is 294 g/mol. The van der Waals surface area contributed by atoms with Crippen LogP contribution in [-0.4, -0.2) is 35.2 Å². The Morgan fingerprint density at radius 1 is 1.18 bits per heavy atom. The number of carbonyl (C=O) groups is 1. The molecule has 0 saturated carbocycles. The van der Waals surface area contributed by atoms with Gasteiger partial charge in [-0.25, -0.2) is 4.98 Å². The third-order valence-electron chi connectivity index (χ3n) is 4.24. The molecule has 0 spiro atoms. The number of benzene rings is 1. The molecule has 3 heterocycles. The average Bonchev–Trinajstić information content (AvgIpc) is 2.59. The number of hydrogen-bond donors (Lipinski definition) is 1. The van der Waals surface area contributed by atoms with E-state index in [4.69, 9.17) is 0 Å². The van der Waals surface area contributed by atoms with Gasteiger partial charge in [0.15, 0.2) is 6.29 Å². The Morgan fingerprint density at radius 3 is 2.91 bits per heavy atom. The molecule has 2 aliphatic heterocycles. The zero-order chi connectivity index (χ0) is 14.9.